The van der Waals surface area contributed by atoms with E-state index >= 15 is 0 Å². The minimum atomic E-state index is -0.112. The van der Waals surface area contributed by atoms with Crippen LogP contribution in [0.15, 0.2) is 194 Å². The zero-order valence-electron chi connectivity index (χ0n) is 31.9. The lowest BCUT2D eigenvalue weighted by Gasteiger charge is -2.24. The highest BCUT2D eigenvalue weighted by atomic mass is 14.9. The van der Waals surface area contributed by atoms with Gasteiger partial charge in [-0.15, -0.1) is 0 Å². The Morgan fingerprint density at radius 3 is 1.81 bits per heavy atom. The Morgan fingerprint density at radius 2 is 0.965 bits per heavy atom. The van der Waals surface area contributed by atoms with E-state index in [0.29, 0.717) is 5.82 Å². The van der Waals surface area contributed by atoms with Gasteiger partial charge in [0.2, 0.25) is 0 Å². The maximum Gasteiger partial charge on any atom is 0.160 e. The zero-order chi connectivity index (χ0) is 38.1. The van der Waals surface area contributed by atoms with Crippen LogP contribution in [0.2, 0.25) is 0 Å². The lowest BCUT2D eigenvalue weighted by molar-refractivity contribution is 0.662. The van der Waals surface area contributed by atoms with E-state index in [-0.39, 0.29) is 5.41 Å². The Hall–Kier alpha value is -7.16. The fourth-order valence-electron chi connectivity index (χ4n) is 9.34. The van der Waals surface area contributed by atoms with Crippen LogP contribution in [-0.2, 0) is 5.41 Å². The summed E-state index contributed by atoms with van der Waals surface area (Å²) in [5, 5.41) is 7.50. The Morgan fingerprint density at radius 1 is 0.368 bits per heavy atom. The summed E-state index contributed by atoms with van der Waals surface area (Å²) >= 11 is 0. The molecule has 2 heteroatoms. The smallest absolute Gasteiger partial charge is 0.160 e. The van der Waals surface area contributed by atoms with Gasteiger partial charge in [-0.05, 0) is 95.0 Å². The molecule has 0 amide bonds. The van der Waals surface area contributed by atoms with Crippen molar-refractivity contribution in [2.75, 3.05) is 0 Å². The third kappa shape index (κ3) is 5.40. The summed E-state index contributed by atoms with van der Waals surface area (Å²) in [6.07, 6.45) is 0. The Bertz CT molecular complexity index is 3190. The number of hydrogen-bond acceptors (Lipinski definition) is 2. The number of fused-ring (bicyclic) bond motifs is 7. The molecule has 268 valence electrons. The molecule has 0 saturated carbocycles. The highest BCUT2D eigenvalue weighted by molar-refractivity contribution is 6.22. The molecule has 0 unspecified atom stereocenters. The molecule has 1 aliphatic rings. The van der Waals surface area contributed by atoms with Crippen molar-refractivity contribution >= 4 is 32.3 Å². The van der Waals surface area contributed by atoms with Gasteiger partial charge in [0.25, 0.3) is 0 Å². The van der Waals surface area contributed by atoms with Gasteiger partial charge in [0.05, 0.1) is 11.4 Å². The molecule has 1 heterocycles. The largest absolute Gasteiger partial charge is 0.228 e. The molecule has 0 radical (unpaired) electrons. The number of nitrogens with zero attached hydrogens (tertiary/aromatic N) is 2. The predicted octanol–water partition coefficient (Wildman–Crippen LogP) is 14.6. The van der Waals surface area contributed by atoms with Crippen molar-refractivity contribution in [1.29, 1.82) is 0 Å². The monoisotopic (exact) mass is 726 g/mol. The lowest BCUT2D eigenvalue weighted by atomic mass is 9.78. The highest BCUT2D eigenvalue weighted by Crippen LogP contribution is 2.52. The summed E-state index contributed by atoms with van der Waals surface area (Å²) in [4.78, 5) is 10.5. The first-order valence-corrected chi connectivity index (χ1v) is 19.7. The molecule has 2 nitrogen and oxygen atoms in total. The maximum absolute atomic E-state index is 5.30. The first-order valence-electron chi connectivity index (χ1n) is 19.7. The summed E-state index contributed by atoms with van der Waals surface area (Å²) in [6.45, 7) is 4.70. The molecular weight excluding hydrogens is 689 g/mol. The van der Waals surface area contributed by atoms with Crippen molar-refractivity contribution in [3.8, 4) is 67.3 Å². The van der Waals surface area contributed by atoms with E-state index in [4.69, 9.17) is 9.97 Å². The SMILES string of the molecule is CC1(C)c2ccccc2-c2cccc(-c3cccc(-c4cc(-c5ccccc5)nc(-c5ccc(-c6c7ccccc7cc7ccc8ccccc8c67)cc5)n4)c3)c21. The van der Waals surface area contributed by atoms with Crippen LogP contribution in [0.4, 0.5) is 0 Å². The van der Waals surface area contributed by atoms with Crippen LogP contribution in [0.3, 0.4) is 0 Å². The van der Waals surface area contributed by atoms with Crippen LogP contribution in [0, 0.1) is 0 Å². The molecular formula is C55H38N2. The molecule has 0 bridgehead atoms. The molecule has 0 atom stereocenters. The minimum Gasteiger partial charge on any atom is -0.228 e. The average Bonchev–Trinajstić information content (AvgIpc) is 3.51. The molecule has 0 fully saturated rings. The summed E-state index contributed by atoms with van der Waals surface area (Å²) < 4.78 is 0. The summed E-state index contributed by atoms with van der Waals surface area (Å²) in [7, 11) is 0. The Labute approximate surface area is 332 Å². The second kappa shape index (κ2) is 13.0. The number of hydrogen-bond donors (Lipinski definition) is 0. The fourth-order valence-corrected chi connectivity index (χ4v) is 9.34. The van der Waals surface area contributed by atoms with Crippen LogP contribution in [0.1, 0.15) is 25.0 Å². The van der Waals surface area contributed by atoms with Crippen LogP contribution in [-0.4, -0.2) is 9.97 Å². The van der Waals surface area contributed by atoms with Crippen molar-refractivity contribution in [1.82, 2.24) is 9.97 Å². The van der Waals surface area contributed by atoms with Gasteiger partial charge in [-0.2, -0.15) is 0 Å². The molecule has 11 rings (SSSR count). The number of rotatable bonds is 5. The molecule has 10 aromatic rings. The first-order chi connectivity index (χ1) is 28.0. The molecule has 57 heavy (non-hydrogen) atoms. The van der Waals surface area contributed by atoms with E-state index < -0.39 is 0 Å². The second-order valence-electron chi connectivity index (χ2n) is 15.7. The van der Waals surface area contributed by atoms with Crippen LogP contribution in [0.25, 0.3) is 99.6 Å². The van der Waals surface area contributed by atoms with Crippen molar-refractivity contribution < 1.29 is 0 Å². The van der Waals surface area contributed by atoms with E-state index in [1.807, 2.05) is 6.07 Å². The van der Waals surface area contributed by atoms with Crippen molar-refractivity contribution in [2.24, 2.45) is 0 Å². The molecule has 0 aliphatic heterocycles. The first kappa shape index (κ1) is 33.2. The molecule has 9 aromatic carbocycles. The Balaban J connectivity index is 1.05. The second-order valence-corrected chi connectivity index (χ2v) is 15.7. The fraction of sp³-hybridized carbons (Fsp3) is 0.0545. The third-order valence-corrected chi connectivity index (χ3v) is 12.0. The zero-order valence-corrected chi connectivity index (χ0v) is 31.9. The summed E-state index contributed by atoms with van der Waals surface area (Å²) in [6, 6.07) is 70.1. The van der Waals surface area contributed by atoms with Gasteiger partial charge in [0, 0.05) is 22.1 Å². The van der Waals surface area contributed by atoms with E-state index in [1.54, 1.807) is 0 Å². The topological polar surface area (TPSA) is 25.8 Å². The van der Waals surface area contributed by atoms with Crippen molar-refractivity contribution in [3.05, 3.63) is 205 Å². The lowest BCUT2D eigenvalue weighted by Crippen LogP contribution is -2.16. The van der Waals surface area contributed by atoms with E-state index in [2.05, 4.69) is 202 Å². The number of aromatic nitrogens is 2. The molecule has 1 aromatic heterocycles. The standard InChI is InChI=1S/C55H38N2/c1-55(2)48-25-11-10-22-46(48)47-24-13-23-45(53(47)55)40-18-12-19-41(32-40)50-34-49(36-15-4-3-5-16-36)56-54(57-50)38-29-27-37(28-30-38)51-44-21-9-7-17-39(44)33-42-31-26-35-14-6-8-20-43(35)52(42)51/h3-34H,1-2H3. The van der Waals surface area contributed by atoms with E-state index in [0.717, 1.165) is 28.1 Å². The van der Waals surface area contributed by atoms with Crippen LogP contribution >= 0.6 is 0 Å². The van der Waals surface area contributed by atoms with Crippen LogP contribution in [0.5, 0.6) is 0 Å². The molecule has 0 spiro atoms. The van der Waals surface area contributed by atoms with E-state index in [1.165, 1.54) is 76.8 Å². The van der Waals surface area contributed by atoms with Crippen LogP contribution < -0.4 is 0 Å². The average molecular weight is 727 g/mol. The van der Waals surface area contributed by atoms with Gasteiger partial charge in [-0.3, -0.25) is 0 Å². The molecule has 1 aliphatic carbocycles. The van der Waals surface area contributed by atoms with Crippen molar-refractivity contribution in [2.45, 2.75) is 19.3 Å². The molecule has 0 N–H and O–H groups in total. The Kier molecular flexibility index (Phi) is 7.55. The normalized spacial score (nSPS) is 12.9. The van der Waals surface area contributed by atoms with Gasteiger partial charge in [-0.1, -0.05) is 190 Å². The van der Waals surface area contributed by atoms with Gasteiger partial charge >= 0.3 is 0 Å². The van der Waals surface area contributed by atoms with Gasteiger partial charge in [0.15, 0.2) is 5.82 Å². The molecule has 0 saturated heterocycles. The van der Waals surface area contributed by atoms with Gasteiger partial charge in [-0.25, -0.2) is 9.97 Å². The quantitative estimate of drug-likeness (QED) is 0.130. The number of benzene rings is 9. The summed E-state index contributed by atoms with van der Waals surface area (Å²) in [5.41, 5.74) is 15.1. The minimum absolute atomic E-state index is 0.112. The van der Waals surface area contributed by atoms with E-state index in [9.17, 15) is 0 Å². The highest BCUT2D eigenvalue weighted by Gasteiger charge is 2.37. The summed E-state index contributed by atoms with van der Waals surface area (Å²) in [5.74, 6) is 0.703. The maximum atomic E-state index is 5.30. The van der Waals surface area contributed by atoms with Gasteiger partial charge < -0.3 is 0 Å². The van der Waals surface area contributed by atoms with Gasteiger partial charge in [0.1, 0.15) is 0 Å². The van der Waals surface area contributed by atoms with Crippen molar-refractivity contribution in [3.63, 3.8) is 0 Å². The predicted molar refractivity (Wildman–Crippen MR) is 239 cm³/mol. The third-order valence-electron chi connectivity index (χ3n) is 12.0.